The van der Waals surface area contributed by atoms with Crippen molar-refractivity contribution in [2.75, 3.05) is 32.6 Å². The van der Waals surface area contributed by atoms with E-state index in [1.807, 2.05) is 30.3 Å². The van der Waals surface area contributed by atoms with E-state index in [0.717, 1.165) is 5.56 Å². The zero-order chi connectivity index (χ0) is 15.3. The number of hydrogen-bond acceptors (Lipinski definition) is 5. The summed E-state index contributed by atoms with van der Waals surface area (Å²) in [4.78, 5) is 11.7. The van der Waals surface area contributed by atoms with Gasteiger partial charge < -0.3 is 9.47 Å². The fourth-order valence-electron chi connectivity index (χ4n) is 2.25. The van der Waals surface area contributed by atoms with Crippen LogP contribution in [0.3, 0.4) is 0 Å². The number of carbonyl (C=O) groups is 1. The summed E-state index contributed by atoms with van der Waals surface area (Å²) in [6.07, 6.45) is 0.411. The Labute approximate surface area is 124 Å². The van der Waals surface area contributed by atoms with Gasteiger partial charge in [-0.05, 0) is 12.0 Å². The molecule has 7 heteroatoms. The first-order valence-corrected chi connectivity index (χ1v) is 8.34. The molecule has 0 saturated carbocycles. The maximum atomic E-state index is 12.5. The number of carbonyl (C=O) groups excluding carboxylic acids is 1. The lowest BCUT2D eigenvalue weighted by Gasteiger charge is -2.32. The number of ether oxygens (including phenoxy) is 2. The Bertz CT molecular complexity index is 572. The van der Waals surface area contributed by atoms with Gasteiger partial charge in [0.15, 0.2) is 0 Å². The molecule has 1 unspecified atom stereocenters. The molecule has 1 aliphatic heterocycles. The van der Waals surface area contributed by atoms with Crippen LogP contribution in [0.25, 0.3) is 0 Å². The molecule has 0 bridgehead atoms. The summed E-state index contributed by atoms with van der Waals surface area (Å²) in [7, 11) is -2.29. The molecule has 0 amide bonds. The molecule has 1 heterocycles. The molecule has 0 radical (unpaired) electrons. The Hall–Kier alpha value is -1.44. The van der Waals surface area contributed by atoms with Gasteiger partial charge in [0, 0.05) is 6.54 Å². The van der Waals surface area contributed by atoms with E-state index >= 15 is 0 Å². The van der Waals surface area contributed by atoms with Crippen LogP contribution in [0.1, 0.15) is 5.56 Å². The summed E-state index contributed by atoms with van der Waals surface area (Å²) >= 11 is 0. The van der Waals surface area contributed by atoms with Crippen LogP contribution in [0.5, 0.6) is 0 Å². The molecule has 1 aromatic carbocycles. The second-order valence-electron chi connectivity index (χ2n) is 4.78. The first-order valence-electron chi connectivity index (χ1n) is 6.73. The Kier molecular flexibility index (Phi) is 5.33. The summed E-state index contributed by atoms with van der Waals surface area (Å²) in [6, 6.07) is 8.50. The minimum absolute atomic E-state index is 0.0372. The molecular weight excluding hydrogens is 294 g/mol. The van der Waals surface area contributed by atoms with Crippen molar-refractivity contribution < 1.29 is 22.7 Å². The van der Waals surface area contributed by atoms with Crippen LogP contribution in [0.4, 0.5) is 0 Å². The lowest BCUT2D eigenvalue weighted by Crippen LogP contribution is -2.53. The summed E-state index contributed by atoms with van der Waals surface area (Å²) in [6.45, 7) is 0.506. The molecule has 1 aliphatic rings. The van der Waals surface area contributed by atoms with Crippen molar-refractivity contribution in [3.63, 3.8) is 0 Å². The third kappa shape index (κ3) is 4.03. The highest BCUT2D eigenvalue weighted by molar-refractivity contribution is 7.89. The summed E-state index contributed by atoms with van der Waals surface area (Å²) in [5, 5.41) is 0. The number of methoxy groups -OCH3 is 1. The molecule has 0 N–H and O–H groups in total. The standard InChI is InChI=1S/C14H19NO5S/c1-19-14(16)13-11-20-9-8-15(13)21(17,18)10-7-12-5-3-2-4-6-12/h2-6,13H,7-11H2,1H3. The van der Waals surface area contributed by atoms with Crippen molar-refractivity contribution in [2.45, 2.75) is 12.5 Å². The predicted molar refractivity (Wildman–Crippen MR) is 77.3 cm³/mol. The van der Waals surface area contributed by atoms with E-state index in [-0.39, 0.29) is 25.5 Å². The SMILES string of the molecule is COC(=O)C1COCCN1S(=O)(=O)CCc1ccccc1. The molecular formula is C14H19NO5S. The van der Waals surface area contributed by atoms with E-state index in [0.29, 0.717) is 6.42 Å². The normalized spacial score (nSPS) is 20.1. The number of rotatable bonds is 5. The molecule has 0 aromatic heterocycles. The zero-order valence-electron chi connectivity index (χ0n) is 11.9. The monoisotopic (exact) mass is 313 g/mol. The van der Waals surface area contributed by atoms with E-state index in [9.17, 15) is 13.2 Å². The predicted octanol–water partition coefficient (Wildman–Crippen LogP) is 0.433. The van der Waals surface area contributed by atoms with Crippen molar-refractivity contribution in [1.29, 1.82) is 0 Å². The topological polar surface area (TPSA) is 72.9 Å². The summed E-state index contributed by atoms with van der Waals surface area (Å²) < 4.78 is 35.9. The van der Waals surface area contributed by atoms with Gasteiger partial charge in [0.1, 0.15) is 6.04 Å². The smallest absolute Gasteiger partial charge is 0.326 e. The van der Waals surface area contributed by atoms with Gasteiger partial charge in [0.05, 0.1) is 26.1 Å². The molecule has 1 atom stereocenters. The number of sulfonamides is 1. The second-order valence-corrected chi connectivity index (χ2v) is 6.82. The minimum atomic E-state index is -3.53. The van der Waals surface area contributed by atoms with Crippen molar-refractivity contribution in [3.05, 3.63) is 35.9 Å². The van der Waals surface area contributed by atoms with E-state index in [2.05, 4.69) is 4.74 Å². The van der Waals surface area contributed by atoms with Crippen LogP contribution in [0.15, 0.2) is 30.3 Å². The lowest BCUT2D eigenvalue weighted by molar-refractivity contribution is -0.149. The maximum absolute atomic E-state index is 12.5. The third-order valence-electron chi connectivity index (χ3n) is 3.40. The van der Waals surface area contributed by atoms with E-state index < -0.39 is 22.0 Å². The Morgan fingerprint density at radius 2 is 2.10 bits per heavy atom. The van der Waals surface area contributed by atoms with Gasteiger partial charge in [0.25, 0.3) is 0 Å². The van der Waals surface area contributed by atoms with Crippen LogP contribution < -0.4 is 0 Å². The van der Waals surface area contributed by atoms with E-state index in [1.165, 1.54) is 11.4 Å². The molecule has 1 saturated heterocycles. The summed E-state index contributed by atoms with van der Waals surface area (Å²) in [5.74, 6) is -0.622. The van der Waals surface area contributed by atoms with Crippen LogP contribution in [-0.4, -0.2) is 57.4 Å². The fourth-order valence-corrected chi connectivity index (χ4v) is 3.87. The molecule has 6 nitrogen and oxygen atoms in total. The van der Waals surface area contributed by atoms with Crippen molar-refractivity contribution in [2.24, 2.45) is 0 Å². The number of benzene rings is 1. The van der Waals surface area contributed by atoms with Gasteiger partial charge >= 0.3 is 5.97 Å². The summed E-state index contributed by atoms with van der Waals surface area (Å²) in [5.41, 5.74) is 0.948. The average Bonchev–Trinajstić information content (AvgIpc) is 2.53. The van der Waals surface area contributed by atoms with Gasteiger partial charge in [-0.25, -0.2) is 8.42 Å². The molecule has 116 valence electrons. The Balaban J connectivity index is 2.07. The largest absolute Gasteiger partial charge is 0.468 e. The van der Waals surface area contributed by atoms with Crippen LogP contribution in [-0.2, 0) is 30.7 Å². The number of aryl methyl sites for hydroxylation is 1. The van der Waals surface area contributed by atoms with Crippen molar-refractivity contribution >= 4 is 16.0 Å². The van der Waals surface area contributed by atoms with Crippen LogP contribution in [0, 0.1) is 0 Å². The molecule has 0 aliphatic carbocycles. The quantitative estimate of drug-likeness (QED) is 0.737. The van der Waals surface area contributed by atoms with Gasteiger partial charge in [-0.1, -0.05) is 30.3 Å². The lowest BCUT2D eigenvalue weighted by atomic mass is 10.2. The number of esters is 1. The maximum Gasteiger partial charge on any atom is 0.326 e. The molecule has 0 spiro atoms. The zero-order valence-corrected chi connectivity index (χ0v) is 12.7. The van der Waals surface area contributed by atoms with Crippen molar-refractivity contribution in [1.82, 2.24) is 4.31 Å². The molecule has 1 aromatic rings. The first-order chi connectivity index (χ1) is 10.0. The molecule has 1 fully saturated rings. The fraction of sp³-hybridized carbons (Fsp3) is 0.500. The second kappa shape index (κ2) is 7.02. The Morgan fingerprint density at radius 3 is 2.76 bits per heavy atom. The first kappa shape index (κ1) is 15.9. The highest BCUT2D eigenvalue weighted by Gasteiger charge is 2.37. The van der Waals surface area contributed by atoms with E-state index in [1.54, 1.807) is 0 Å². The van der Waals surface area contributed by atoms with Crippen LogP contribution >= 0.6 is 0 Å². The molecule has 21 heavy (non-hydrogen) atoms. The number of hydrogen-bond donors (Lipinski definition) is 0. The minimum Gasteiger partial charge on any atom is -0.468 e. The molecule has 2 rings (SSSR count). The van der Waals surface area contributed by atoms with Gasteiger partial charge in [-0.15, -0.1) is 0 Å². The highest BCUT2D eigenvalue weighted by atomic mass is 32.2. The van der Waals surface area contributed by atoms with Gasteiger partial charge in [-0.2, -0.15) is 4.31 Å². The number of morpholine rings is 1. The van der Waals surface area contributed by atoms with Crippen LogP contribution in [0.2, 0.25) is 0 Å². The van der Waals surface area contributed by atoms with E-state index in [4.69, 9.17) is 4.74 Å². The Morgan fingerprint density at radius 1 is 1.38 bits per heavy atom. The van der Waals surface area contributed by atoms with Crippen molar-refractivity contribution in [3.8, 4) is 0 Å². The average molecular weight is 313 g/mol. The number of nitrogens with zero attached hydrogens (tertiary/aromatic N) is 1. The van der Waals surface area contributed by atoms with Gasteiger partial charge in [-0.3, -0.25) is 4.79 Å². The highest BCUT2D eigenvalue weighted by Crippen LogP contribution is 2.15. The van der Waals surface area contributed by atoms with Gasteiger partial charge in [0.2, 0.25) is 10.0 Å². The third-order valence-corrected chi connectivity index (χ3v) is 5.27.